The fraction of sp³-hybridized carbons (Fsp3) is 0.970. The lowest BCUT2D eigenvalue weighted by molar-refractivity contribution is -0.148. The van der Waals surface area contributed by atoms with E-state index < -0.39 is 0 Å². The van der Waals surface area contributed by atoms with E-state index in [2.05, 4.69) is 31.0 Å². The van der Waals surface area contributed by atoms with Gasteiger partial charge in [-0.3, -0.25) is 9.69 Å². The van der Waals surface area contributed by atoms with Crippen molar-refractivity contribution in [2.24, 2.45) is 57.8 Å². The van der Waals surface area contributed by atoms with E-state index in [0.717, 1.165) is 62.2 Å². The number of carbonyl (C=O) groups excluding carboxylic acids is 1. The van der Waals surface area contributed by atoms with Crippen molar-refractivity contribution in [2.75, 3.05) is 39.3 Å². The molecule has 0 aromatic rings. The minimum atomic E-state index is -0.0138. The Labute approximate surface area is 240 Å². The first kappa shape index (κ1) is 31.3. The van der Waals surface area contributed by atoms with Crippen molar-refractivity contribution >= 4 is 5.97 Å². The molecule has 0 spiro atoms. The van der Waals surface area contributed by atoms with E-state index in [4.69, 9.17) is 16.2 Å². The maximum Gasteiger partial charge on any atom is 0.306 e. The molecular weight excluding hydrogens is 484 g/mol. The molecular formula is C33H62N4O2. The third kappa shape index (κ3) is 6.87. The molecule has 0 radical (unpaired) electrons. The zero-order chi connectivity index (χ0) is 28.2. The molecule has 0 heterocycles. The van der Waals surface area contributed by atoms with Crippen molar-refractivity contribution < 1.29 is 9.53 Å². The number of nitrogens with two attached hydrogens (primary N) is 2. The predicted molar refractivity (Wildman–Crippen MR) is 161 cm³/mol. The van der Waals surface area contributed by atoms with Gasteiger partial charge in [0.25, 0.3) is 0 Å². The van der Waals surface area contributed by atoms with Crippen LogP contribution in [0.5, 0.6) is 0 Å². The summed E-state index contributed by atoms with van der Waals surface area (Å²) in [5.41, 5.74) is 12.6. The van der Waals surface area contributed by atoms with Crippen LogP contribution < -0.4 is 16.8 Å². The SMILES string of the molecule is CC(C)OC(=O)CC[C@@H](C)[C@H]1CCC2C3CCC4C[C@@H](NCCN(CCN)CCN)CC[C@]4(C)C3CC[C@@]21C. The highest BCUT2D eigenvalue weighted by Gasteiger charge is 2.60. The smallest absolute Gasteiger partial charge is 0.306 e. The largest absolute Gasteiger partial charge is 0.463 e. The number of ether oxygens (including phenoxy) is 1. The zero-order valence-electron chi connectivity index (χ0n) is 26.1. The average molecular weight is 547 g/mol. The molecule has 0 aromatic heterocycles. The first-order valence-electron chi connectivity index (χ1n) is 16.7. The summed E-state index contributed by atoms with van der Waals surface area (Å²) >= 11 is 0. The van der Waals surface area contributed by atoms with E-state index in [0.29, 0.717) is 42.3 Å². The van der Waals surface area contributed by atoms with Gasteiger partial charge in [-0.2, -0.15) is 0 Å². The molecule has 4 unspecified atom stereocenters. The van der Waals surface area contributed by atoms with Crippen molar-refractivity contribution in [3.8, 4) is 0 Å². The van der Waals surface area contributed by atoms with E-state index >= 15 is 0 Å². The first-order valence-corrected chi connectivity index (χ1v) is 16.7. The quantitative estimate of drug-likeness (QED) is 0.275. The van der Waals surface area contributed by atoms with E-state index in [1.54, 1.807) is 0 Å². The maximum absolute atomic E-state index is 12.2. The van der Waals surface area contributed by atoms with Crippen LogP contribution in [0.25, 0.3) is 0 Å². The van der Waals surface area contributed by atoms with Gasteiger partial charge in [0.15, 0.2) is 0 Å². The molecule has 0 aliphatic heterocycles. The molecule has 0 bridgehead atoms. The highest BCUT2D eigenvalue weighted by atomic mass is 16.5. The molecule has 0 aromatic carbocycles. The molecule has 0 saturated heterocycles. The molecule has 9 atom stereocenters. The van der Waals surface area contributed by atoms with Crippen molar-refractivity contribution in [1.82, 2.24) is 10.2 Å². The normalized spacial score (nSPS) is 38.8. The van der Waals surface area contributed by atoms with Crippen molar-refractivity contribution in [3.05, 3.63) is 0 Å². The fourth-order valence-corrected chi connectivity index (χ4v) is 10.4. The number of carbonyl (C=O) groups is 1. The Morgan fingerprint density at radius 2 is 1.62 bits per heavy atom. The minimum Gasteiger partial charge on any atom is -0.463 e. The van der Waals surface area contributed by atoms with Gasteiger partial charge in [-0.15, -0.1) is 0 Å². The second-order valence-corrected chi connectivity index (χ2v) is 14.8. The minimum absolute atomic E-state index is 0.00756. The van der Waals surface area contributed by atoms with E-state index in [1.807, 2.05) is 13.8 Å². The molecule has 6 nitrogen and oxygen atoms in total. The second kappa shape index (κ2) is 13.5. The average Bonchev–Trinajstić information content (AvgIpc) is 3.24. The maximum atomic E-state index is 12.2. The van der Waals surface area contributed by atoms with Crippen molar-refractivity contribution in [2.45, 2.75) is 117 Å². The highest BCUT2D eigenvalue weighted by molar-refractivity contribution is 5.69. The van der Waals surface area contributed by atoms with Gasteiger partial charge in [0.05, 0.1) is 6.10 Å². The lowest BCUT2D eigenvalue weighted by Crippen LogP contribution is -2.55. The number of esters is 1. The first-order chi connectivity index (χ1) is 18.6. The number of hydrogen-bond donors (Lipinski definition) is 3. The van der Waals surface area contributed by atoms with E-state index in [9.17, 15) is 4.79 Å². The summed E-state index contributed by atoms with van der Waals surface area (Å²) in [6.07, 6.45) is 14.1. The van der Waals surface area contributed by atoms with Crippen LogP contribution in [0.3, 0.4) is 0 Å². The Balaban J connectivity index is 1.31. The van der Waals surface area contributed by atoms with Crippen molar-refractivity contribution in [3.63, 3.8) is 0 Å². The Morgan fingerprint density at radius 1 is 0.923 bits per heavy atom. The number of rotatable bonds is 13. The van der Waals surface area contributed by atoms with Gasteiger partial charge in [-0.1, -0.05) is 20.8 Å². The van der Waals surface area contributed by atoms with Crippen LogP contribution in [0, 0.1) is 46.3 Å². The summed E-state index contributed by atoms with van der Waals surface area (Å²) in [5.74, 6) is 4.94. The van der Waals surface area contributed by atoms with Gasteiger partial charge in [-0.25, -0.2) is 0 Å². The third-order valence-corrected chi connectivity index (χ3v) is 12.3. The van der Waals surface area contributed by atoms with Gasteiger partial charge in [-0.05, 0) is 124 Å². The number of fused-ring (bicyclic) bond motifs is 5. The van der Waals surface area contributed by atoms with Crippen LogP contribution in [0.2, 0.25) is 0 Å². The van der Waals surface area contributed by atoms with Crippen LogP contribution in [0.1, 0.15) is 105 Å². The number of nitrogens with one attached hydrogen (secondary N) is 1. The molecule has 0 amide bonds. The summed E-state index contributed by atoms with van der Waals surface area (Å²) in [7, 11) is 0. The summed E-state index contributed by atoms with van der Waals surface area (Å²) in [5, 5.41) is 3.93. The molecule has 226 valence electrons. The molecule has 5 N–H and O–H groups in total. The number of nitrogens with zero attached hydrogens (tertiary/aromatic N) is 1. The zero-order valence-corrected chi connectivity index (χ0v) is 26.1. The molecule has 6 heteroatoms. The Bertz CT molecular complexity index is 786. The van der Waals surface area contributed by atoms with Crippen LogP contribution >= 0.6 is 0 Å². The molecule has 4 saturated carbocycles. The molecule has 4 aliphatic carbocycles. The summed E-state index contributed by atoms with van der Waals surface area (Å²) in [6.45, 7) is 17.0. The monoisotopic (exact) mass is 546 g/mol. The van der Waals surface area contributed by atoms with Crippen LogP contribution in [0.4, 0.5) is 0 Å². The molecule has 4 rings (SSSR count). The standard InChI is InChI=1S/C33H62N4O2/c1-23(2)39-31(38)11-6-24(3)28-9-10-29-27-8-7-25-22-26(36-18-21-37(19-16-34)20-17-35)12-14-32(25,4)30(27)13-15-33(28,29)5/h23-30,36H,6-22,34-35H2,1-5H3/t24-,25?,26+,27?,28-,29?,30?,32+,33-/m1/s1. The summed E-state index contributed by atoms with van der Waals surface area (Å²) < 4.78 is 5.43. The van der Waals surface area contributed by atoms with Gasteiger partial charge in [0, 0.05) is 51.7 Å². The fourth-order valence-electron chi connectivity index (χ4n) is 10.4. The summed E-state index contributed by atoms with van der Waals surface area (Å²) in [6, 6.07) is 0.671. The molecule has 4 aliphatic rings. The highest BCUT2D eigenvalue weighted by Crippen LogP contribution is 2.68. The lowest BCUT2D eigenvalue weighted by atomic mass is 9.44. The third-order valence-electron chi connectivity index (χ3n) is 12.3. The van der Waals surface area contributed by atoms with Gasteiger partial charge in [0.2, 0.25) is 0 Å². The van der Waals surface area contributed by atoms with Gasteiger partial charge < -0.3 is 21.5 Å². The summed E-state index contributed by atoms with van der Waals surface area (Å²) in [4.78, 5) is 14.6. The van der Waals surface area contributed by atoms with Crippen LogP contribution in [-0.2, 0) is 9.53 Å². The van der Waals surface area contributed by atoms with E-state index in [1.165, 1.54) is 57.8 Å². The van der Waals surface area contributed by atoms with Crippen LogP contribution in [-0.4, -0.2) is 62.3 Å². The van der Waals surface area contributed by atoms with Crippen LogP contribution in [0.15, 0.2) is 0 Å². The molecule has 4 fully saturated rings. The Kier molecular flexibility index (Phi) is 10.8. The van der Waals surface area contributed by atoms with Crippen molar-refractivity contribution in [1.29, 1.82) is 0 Å². The number of hydrogen-bond acceptors (Lipinski definition) is 6. The predicted octanol–water partition coefficient (Wildman–Crippen LogP) is 5.19. The second-order valence-electron chi connectivity index (χ2n) is 14.8. The lowest BCUT2D eigenvalue weighted by Gasteiger charge is -2.61. The van der Waals surface area contributed by atoms with E-state index in [-0.39, 0.29) is 12.1 Å². The Hall–Kier alpha value is -0.690. The topological polar surface area (TPSA) is 93.6 Å². The van der Waals surface area contributed by atoms with Gasteiger partial charge in [0.1, 0.15) is 0 Å². The Morgan fingerprint density at radius 3 is 2.31 bits per heavy atom. The van der Waals surface area contributed by atoms with Gasteiger partial charge >= 0.3 is 5.97 Å². The molecule has 39 heavy (non-hydrogen) atoms.